The summed E-state index contributed by atoms with van der Waals surface area (Å²) < 4.78 is 17.0. The second-order valence-corrected chi connectivity index (χ2v) is 8.72. The summed E-state index contributed by atoms with van der Waals surface area (Å²) in [5.41, 5.74) is 2.32. The first-order chi connectivity index (χ1) is 17.5. The zero-order chi connectivity index (χ0) is 25.7. The minimum Gasteiger partial charge on any atom is -0.506 e. The predicted molar refractivity (Wildman–Crippen MR) is 137 cm³/mol. The Labute approximate surface area is 214 Å². The number of rotatable bonds is 10. The number of hydrogen-bond acceptors (Lipinski definition) is 8. The summed E-state index contributed by atoms with van der Waals surface area (Å²) in [6.45, 7) is 2.10. The molecule has 8 nitrogen and oxygen atoms in total. The Balaban J connectivity index is 1.83. The van der Waals surface area contributed by atoms with Gasteiger partial charge < -0.3 is 24.1 Å². The molecule has 0 amide bonds. The van der Waals surface area contributed by atoms with Crippen molar-refractivity contribution in [1.29, 1.82) is 0 Å². The first-order valence-electron chi connectivity index (χ1n) is 11.7. The summed E-state index contributed by atoms with van der Waals surface area (Å²) in [7, 11) is 3.09. The summed E-state index contributed by atoms with van der Waals surface area (Å²) in [5, 5.41) is 31.2. The van der Waals surface area contributed by atoms with Crippen LogP contribution in [-0.2, 0) is 12.8 Å². The second kappa shape index (κ2) is 11.3. The number of aromatic hydroxyl groups is 2. The Hall–Kier alpha value is -3.78. The molecule has 0 radical (unpaired) electrons. The van der Waals surface area contributed by atoms with Gasteiger partial charge in [-0.15, -0.1) is 10.2 Å². The van der Waals surface area contributed by atoms with Crippen LogP contribution < -0.4 is 9.47 Å². The van der Waals surface area contributed by atoms with Crippen LogP contribution in [0.25, 0.3) is 22.6 Å². The van der Waals surface area contributed by atoms with Crippen LogP contribution in [-0.4, -0.2) is 39.6 Å². The zero-order valence-electron chi connectivity index (χ0n) is 20.4. The van der Waals surface area contributed by atoms with E-state index in [9.17, 15) is 10.2 Å². The topological polar surface area (TPSA) is 111 Å². The van der Waals surface area contributed by atoms with Crippen LogP contribution in [0.15, 0.2) is 46.9 Å². The fourth-order valence-electron chi connectivity index (χ4n) is 4.09. The van der Waals surface area contributed by atoms with E-state index >= 15 is 0 Å². The summed E-state index contributed by atoms with van der Waals surface area (Å²) in [4.78, 5) is 4.45. The average Bonchev–Trinajstić information content (AvgIpc) is 3.33. The highest BCUT2D eigenvalue weighted by molar-refractivity contribution is 6.30. The van der Waals surface area contributed by atoms with Gasteiger partial charge in [0.05, 0.1) is 37.5 Å². The number of ether oxygens (including phenoxy) is 2. The van der Waals surface area contributed by atoms with Crippen LogP contribution in [0.2, 0.25) is 5.02 Å². The maximum absolute atomic E-state index is 11.5. The summed E-state index contributed by atoms with van der Waals surface area (Å²) in [6, 6.07) is 12.6. The van der Waals surface area contributed by atoms with E-state index in [2.05, 4.69) is 22.1 Å². The van der Waals surface area contributed by atoms with E-state index in [-0.39, 0.29) is 17.2 Å². The highest BCUT2D eigenvalue weighted by Crippen LogP contribution is 2.49. The third-order valence-electron chi connectivity index (χ3n) is 5.87. The van der Waals surface area contributed by atoms with Gasteiger partial charge in [0.15, 0.2) is 0 Å². The Morgan fingerprint density at radius 2 is 1.58 bits per heavy atom. The van der Waals surface area contributed by atoms with E-state index in [4.69, 9.17) is 25.5 Å². The number of pyridine rings is 1. The lowest BCUT2D eigenvalue weighted by Crippen LogP contribution is -2.01. The standard InChI is InChI=1S/C27H28ClN3O5/c1-4-5-6-8-18-22(23-19(34-2)9-7-10-20(23)35-3)25(32)24(26(33)29-18)27-31-30-21(36-27)15-16-11-13-17(28)14-12-16/h7,9-14H,4-6,8,15H2,1-3H3,(H2,29,32,33). The lowest BCUT2D eigenvalue weighted by atomic mass is 9.95. The summed E-state index contributed by atoms with van der Waals surface area (Å²) in [6.07, 6.45) is 3.73. The fourth-order valence-corrected chi connectivity index (χ4v) is 4.22. The van der Waals surface area contributed by atoms with Crippen LogP contribution in [0.5, 0.6) is 23.1 Å². The number of halogens is 1. The number of methoxy groups -OCH3 is 2. The Kier molecular flexibility index (Phi) is 7.95. The number of aromatic nitrogens is 3. The molecule has 2 N–H and O–H groups in total. The molecule has 4 rings (SSSR count). The minimum absolute atomic E-state index is 0.0447. The summed E-state index contributed by atoms with van der Waals surface area (Å²) in [5.74, 6) is 0.630. The highest BCUT2D eigenvalue weighted by Gasteiger charge is 2.28. The van der Waals surface area contributed by atoms with Gasteiger partial charge in [-0.2, -0.15) is 0 Å². The molecular weight excluding hydrogens is 482 g/mol. The lowest BCUT2D eigenvalue weighted by Gasteiger charge is -2.19. The maximum atomic E-state index is 11.5. The normalized spacial score (nSPS) is 11.0. The van der Waals surface area contributed by atoms with Crippen LogP contribution in [0.3, 0.4) is 0 Å². The molecule has 0 spiro atoms. The van der Waals surface area contributed by atoms with Crippen molar-refractivity contribution < 1.29 is 24.1 Å². The molecule has 0 atom stereocenters. The lowest BCUT2D eigenvalue weighted by molar-refractivity contribution is 0.395. The van der Waals surface area contributed by atoms with E-state index < -0.39 is 5.88 Å². The molecule has 0 aliphatic heterocycles. The molecule has 0 bridgehead atoms. The molecule has 2 aromatic heterocycles. The number of aryl methyl sites for hydroxylation is 1. The monoisotopic (exact) mass is 509 g/mol. The molecule has 0 aliphatic rings. The largest absolute Gasteiger partial charge is 0.506 e. The van der Waals surface area contributed by atoms with Gasteiger partial charge in [-0.05, 0) is 42.7 Å². The predicted octanol–water partition coefficient (Wildman–Crippen LogP) is 6.20. The second-order valence-electron chi connectivity index (χ2n) is 8.28. The Morgan fingerprint density at radius 1 is 0.889 bits per heavy atom. The SMILES string of the molecule is CCCCCc1nc(O)c(-c2nnc(Cc3ccc(Cl)cc3)o2)c(O)c1-c1c(OC)cccc1OC. The van der Waals surface area contributed by atoms with Crippen molar-refractivity contribution in [3.63, 3.8) is 0 Å². The smallest absolute Gasteiger partial charge is 0.257 e. The van der Waals surface area contributed by atoms with Gasteiger partial charge in [0.25, 0.3) is 5.89 Å². The van der Waals surface area contributed by atoms with Crippen LogP contribution >= 0.6 is 11.6 Å². The van der Waals surface area contributed by atoms with E-state index in [0.29, 0.717) is 52.1 Å². The van der Waals surface area contributed by atoms with Crippen LogP contribution in [0.1, 0.15) is 43.3 Å². The van der Waals surface area contributed by atoms with Gasteiger partial charge in [0, 0.05) is 5.02 Å². The number of nitrogens with zero attached hydrogens (tertiary/aromatic N) is 3. The van der Waals surface area contributed by atoms with Gasteiger partial charge >= 0.3 is 0 Å². The van der Waals surface area contributed by atoms with Gasteiger partial charge in [-0.25, -0.2) is 4.98 Å². The van der Waals surface area contributed by atoms with Gasteiger partial charge in [0.1, 0.15) is 22.8 Å². The summed E-state index contributed by atoms with van der Waals surface area (Å²) >= 11 is 5.96. The molecule has 0 unspecified atom stereocenters. The molecule has 0 saturated heterocycles. The van der Waals surface area contributed by atoms with Crippen molar-refractivity contribution in [2.24, 2.45) is 0 Å². The van der Waals surface area contributed by atoms with E-state index in [1.807, 2.05) is 12.1 Å². The first-order valence-corrected chi connectivity index (χ1v) is 12.1. The van der Waals surface area contributed by atoms with E-state index in [1.54, 1.807) is 44.6 Å². The molecule has 2 heterocycles. The minimum atomic E-state index is -0.390. The van der Waals surface area contributed by atoms with Gasteiger partial charge in [-0.1, -0.05) is 49.6 Å². The van der Waals surface area contributed by atoms with Crippen molar-refractivity contribution in [3.05, 3.63) is 64.6 Å². The molecular formula is C27H28ClN3O5. The van der Waals surface area contributed by atoms with Gasteiger partial charge in [0.2, 0.25) is 11.8 Å². The average molecular weight is 510 g/mol. The number of hydrogen-bond donors (Lipinski definition) is 2. The van der Waals surface area contributed by atoms with Crippen molar-refractivity contribution >= 4 is 11.6 Å². The molecule has 188 valence electrons. The quantitative estimate of drug-likeness (QED) is 0.243. The molecule has 0 saturated carbocycles. The third-order valence-corrected chi connectivity index (χ3v) is 6.12. The maximum Gasteiger partial charge on any atom is 0.257 e. The molecule has 36 heavy (non-hydrogen) atoms. The van der Waals surface area contributed by atoms with E-state index in [1.165, 1.54) is 0 Å². The number of benzene rings is 2. The highest BCUT2D eigenvalue weighted by atomic mass is 35.5. The van der Waals surface area contributed by atoms with Crippen molar-refractivity contribution in [2.75, 3.05) is 14.2 Å². The Morgan fingerprint density at radius 3 is 2.22 bits per heavy atom. The number of unbranched alkanes of at least 4 members (excludes halogenated alkanes) is 2. The van der Waals surface area contributed by atoms with E-state index in [0.717, 1.165) is 24.8 Å². The molecule has 0 aliphatic carbocycles. The zero-order valence-corrected chi connectivity index (χ0v) is 21.2. The molecule has 0 fully saturated rings. The Bertz CT molecular complexity index is 1320. The van der Waals surface area contributed by atoms with Crippen molar-refractivity contribution in [1.82, 2.24) is 15.2 Å². The van der Waals surface area contributed by atoms with Crippen molar-refractivity contribution in [2.45, 2.75) is 39.0 Å². The molecule has 4 aromatic rings. The third kappa shape index (κ3) is 5.23. The fraction of sp³-hybridized carbons (Fsp3) is 0.296. The van der Waals surface area contributed by atoms with Crippen LogP contribution in [0, 0.1) is 0 Å². The first kappa shape index (κ1) is 25.3. The van der Waals surface area contributed by atoms with Crippen LogP contribution in [0.4, 0.5) is 0 Å². The molecule has 9 heteroatoms. The van der Waals surface area contributed by atoms with Crippen molar-refractivity contribution in [3.8, 4) is 45.7 Å². The molecule has 2 aromatic carbocycles. The van der Waals surface area contributed by atoms with Gasteiger partial charge in [-0.3, -0.25) is 0 Å².